The van der Waals surface area contributed by atoms with Crippen molar-refractivity contribution in [3.05, 3.63) is 72.9 Å². The summed E-state index contributed by atoms with van der Waals surface area (Å²) in [5, 5.41) is 7.17. The first-order valence-corrected chi connectivity index (χ1v) is 13.1. The summed E-state index contributed by atoms with van der Waals surface area (Å²) < 4.78 is 13.1. The predicted octanol–water partition coefficient (Wildman–Crippen LogP) is 5.79. The number of rotatable bonds is 6. The van der Waals surface area contributed by atoms with E-state index in [0.717, 1.165) is 76.2 Å². The average Bonchev–Trinajstić information content (AvgIpc) is 3.37. The standard InChI is InChI=1S/C31H33N5O2/c1-34(2)22-13-15-35(16-14-22)23-8-6-9-24(18-23)36-31-27-19-26(38-4)11-12-29(27)32-20-28(31)30(33-36)21-7-5-10-25(17-21)37-3/h5-12,17-20,22H,13-16H2,1-4H3. The molecule has 0 unspecified atom stereocenters. The molecule has 7 nitrogen and oxygen atoms in total. The normalized spacial score (nSPS) is 14.5. The molecule has 0 N–H and O–H groups in total. The monoisotopic (exact) mass is 507 g/mol. The summed E-state index contributed by atoms with van der Waals surface area (Å²) in [5.74, 6) is 1.59. The molecule has 1 fully saturated rings. The second-order valence-corrected chi connectivity index (χ2v) is 10.1. The summed E-state index contributed by atoms with van der Waals surface area (Å²) in [4.78, 5) is 9.61. The van der Waals surface area contributed by atoms with Gasteiger partial charge >= 0.3 is 0 Å². The zero-order valence-corrected chi connectivity index (χ0v) is 22.4. The van der Waals surface area contributed by atoms with Crippen molar-refractivity contribution < 1.29 is 9.47 Å². The second kappa shape index (κ2) is 9.99. The van der Waals surface area contributed by atoms with Crippen LogP contribution in [0.15, 0.2) is 72.9 Å². The molecule has 0 aliphatic carbocycles. The molecule has 3 heterocycles. The maximum Gasteiger partial charge on any atom is 0.119 e. The number of benzene rings is 3. The Hall–Kier alpha value is -4.10. The molecule has 1 aliphatic heterocycles. The van der Waals surface area contributed by atoms with Gasteiger partial charge in [-0.2, -0.15) is 5.10 Å². The van der Waals surface area contributed by atoms with E-state index in [1.807, 2.05) is 42.6 Å². The van der Waals surface area contributed by atoms with Crippen LogP contribution in [-0.2, 0) is 0 Å². The number of hydrogen-bond acceptors (Lipinski definition) is 6. The number of methoxy groups -OCH3 is 2. The molecule has 194 valence electrons. The van der Waals surface area contributed by atoms with Crippen LogP contribution in [0.3, 0.4) is 0 Å². The molecule has 0 amide bonds. The molecule has 2 aromatic heterocycles. The molecule has 0 atom stereocenters. The van der Waals surface area contributed by atoms with Gasteiger partial charge in [0, 0.05) is 47.4 Å². The van der Waals surface area contributed by atoms with Gasteiger partial charge in [0.2, 0.25) is 0 Å². The van der Waals surface area contributed by atoms with Crippen LogP contribution in [0.25, 0.3) is 38.8 Å². The fourth-order valence-electron chi connectivity index (χ4n) is 5.52. The third-order valence-electron chi connectivity index (χ3n) is 7.69. The average molecular weight is 508 g/mol. The Balaban J connectivity index is 1.52. The van der Waals surface area contributed by atoms with Gasteiger partial charge in [-0.25, -0.2) is 4.68 Å². The van der Waals surface area contributed by atoms with E-state index in [2.05, 4.69) is 58.9 Å². The minimum atomic E-state index is 0.642. The molecule has 0 spiro atoms. The first-order valence-electron chi connectivity index (χ1n) is 13.1. The highest BCUT2D eigenvalue weighted by atomic mass is 16.5. The van der Waals surface area contributed by atoms with Gasteiger partial charge in [0.05, 0.1) is 30.9 Å². The van der Waals surface area contributed by atoms with Crippen LogP contribution in [0.2, 0.25) is 0 Å². The first-order chi connectivity index (χ1) is 18.6. The van der Waals surface area contributed by atoms with Crippen molar-refractivity contribution >= 4 is 27.5 Å². The Bertz CT molecular complexity index is 1600. The van der Waals surface area contributed by atoms with Crippen molar-refractivity contribution in [2.24, 2.45) is 0 Å². The maximum absolute atomic E-state index is 5.58. The van der Waals surface area contributed by atoms with Crippen LogP contribution >= 0.6 is 0 Å². The van der Waals surface area contributed by atoms with Gasteiger partial charge in [-0.15, -0.1) is 0 Å². The van der Waals surface area contributed by atoms with Gasteiger partial charge < -0.3 is 19.3 Å². The van der Waals surface area contributed by atoms with Crippen molar-refractivity contribution in [3.8, 4) is 28.4 Å². The van der Waals surface area contributed by atoms with Gasteiger partial charge in [0.1, 0.15) is 17.2 Å². The number of pyridine rings is 1. The lowest BCUT2D eigenvalue weighted by atomic mass is 10.0. The number of fused-ring (bicyclic) bond motifs is 3. The van der Waals surface area contributed by atoms with Crippen LogP contribution in [0, 0.1) is 0 Å². The van der Waals surface area contributed by atoms with Crippen molar-refractivity contribution in [3.63, 3.8) is 0 Å². The van der Waals surface area contributed by atoms with Crippen LogP contribution in [-0.4, -0.2) is 67.1 Å². The fourth-order valence-corrected chi connectivity index (χ4v) is 5.52. The molecule has 0 radical (unpaired) electrons. The molecule has 6 rings (SSSR count). The lowest BCUT2D eigenvalue weighted by Gasteiger charge is -2.36. The van der Waals surface area contributed by atoms with E-state index in [1.165, 1.54) is 5.69 Å². The van der Waals surface area contributed by atoms with Crippen LogP contribution in [0.5, 0.6) is 11.5 Å². The molecule has 3 aromatic carbocycles. The van der Waals surface area contributed by atoms with Crippen molar-refractivity contribution in [2.45, 2.75) is 18.9 Å². The highest BCUT2D eigenvalue weighted by Crippen LogP contribution is 2.36. The van der Waals surface area contributed by atoms with E-state index >= 15 is 0 Å². The minimum Gasteiger partial charge on any atom is -0.497 e. The Morgan fingerprint density at radius 3 is 2.32 bits per heavy atom. The van der Waals surface area contributed by atoms with Gasteiger partial charge in [0.25, 0.3) is 0 Å². The highest BCUT2D eigenvalue weighted by molar-refractivity contribution is 6.09. The van der Waals surface area contributed by atoms with Crippen molar-refractivity contribution in [2.75, 3.05) is 46.3 Å². The van der Waals surface area contributed by atoms with E-state index in [1.54, 1.807) is 14.2 Å². The summed E-state index contributed by atoms with van der Waals surface area (Å²) in [5.41, 5.74) is 6.01. The molecular weight excluding hydrogens is 474 g/mol. The van der Waals surface area contributed by atoms with Crippen LogP contribution in [0.4, 0.5) is 5.69 Å². The molecule has 5 aromatic rings. The third-order valence-corrected chi connectivity index (χ3v) is 7.69. The van der Waals surface area contributed by atoms with E-state index < -0.39 is 0 Å². The van der Waals surface area contributed by atoms with E-state index in [-0.39, 0.29) is 0 Å². The Kier molecular flexibility index (Phi) is 6.37. The number of hydrogen-bond donors (Lipinski definition) is 0. The second-order valence-electron chi connectivity index (χ2n) is 10.1. The quantitative estimate of drug-likeness (QED) is 0.290. The third kappa shape index (κ3) is 4.33. The Morgan fingerprint density at radius 1 is 0.816 bits per heavy atom. The van der Waals surface area contributed by atoms with E-state index in [9.17, 15) is 0 Å². The van der Waals surface area contributed by atoms with E-state index in [4.69, 9.17) is 19.6 Å². The van der Waals surface area contributed by atoms with E-state index in [0.29, 0.717) is 6.04 Å². The molecule has 1 saturated heterocycles. The number of ether oxygens (including phenoxy) is 2. The maximum atomic E-state index is 5.58. The summed E-state index contributed by atoms with van der Waals surface area (Å²) in [6, 6.07) is 23.4. The predicted molar refractivity (Wildman–Crippen MR) is 154 cm³/mol. The summed E-state index contributed by atoms with van der Waals surface area (Å²) in [6.45, 7) is 2.09. The van der Waals surface area contributed by atoms with Crippen molar-refractivity contribution in [1.29, 1.82) is 0 Å². The molecule has 0 saturated carbocycles. The topological polar surface area (TPSA) is 55.7 Å². The highest BCUT2D eigenvalue weighted by Gasteiger charge is 2.22. The largest absolute Gasteiger partial charge is 0.497 e. The zero-order chi connectivity index (χ0) is 26.2. The molecule has 38 heavy (non-hydrogen) atoms. The van der Waals surface area contributed by atoms with Crippen molar-refractivity contribution in [1.82, 2.24) is 19.7 Å². The number of anilines is 1. The van der Waals surface area contributed by atoms with Gasteiger partial charge in [-0.1, -0.05) is 18.2 Å². The summed E-state index contributed by atoms with van der Waals surface area (Å²) in [7, 11) is 7.73. The smallest absolute Gasteiger partial charge is 0.119 e. The molecule has 1 aliphatic rings. The lowest BCUT2D eigenvalue weighted by Crippen LogP contribution is -2.42. The summed E-state index contributed by atoms with van der Waals surface area (Å²) >= 11 is 0. The Labute approximate surface area is 223 Å². The fraction of sp³-hybridized carbons (Fsp3) is 0.290. The number of nitrogens with zero attached hydrogens (tertiary/aromatic N) is 5. The molecule has 7 heteroatoms. The van der Waals surface area contributed by atoms with Crippen LogP contribution in [0.1, 0.15) is 12.8 Å². The lowest BCUT2D eigenvalue weighted by molar-refractivity contribution is 0.249. The first kappa shape index (κ1) is 24.2. The van der Waals surface area contributed by atoms with Gasteiger partial charge in [-0.05, 0) is 75.5 Å². The zero-order valence-electron chi connectivity index (χ0n) is 22.4. The molecule has 0 bridgehead atoms. The van der Waals surface area contributed by atoms with Crippen LogP contribution < -0.4 is 14.4 Å². The minimum absolute atomic E-state index is 0.642. The van der Waals surface area contributed by atoms with Gasteiger partial charge in [0.15, 0.2) is 0 Å². The Morgan fingerprint density at radius 2 is 1.55 bits per heavy atom. The molecular formula is C31H33N5O2. The van der Waals surface area contributed by atoms with Gasteiger partial charge in [-0.3, -0.25) is 4.98 Å². The summed E-state index contributed by atoms with van der Waals surface area (Å²) in [6.07, 6.45) is 4.26. The SMILES string of the molecule is COc1cccc(-c2nn(-c3cccc(N4CCC(N(C)C)CC4)c3)c3c2cnc2ccc(OC)cc23)c1. The number of aromatic nitrogens is 3. The number of piperidine rings is 1.